The van der Waals surface area contributed by atoms with Gasteiger partial charge in [0.2, 0.25) is 5.91 Å². The molecule has 1 aromatic rings. The summed E-state index contributed by atoms with van der Waals surface area (Å²) in [5.41, 5.74) is 5.79. The van der Waals surface area contributed by atoms with Crippen molar-refractivity contribution in [2.45, 2.75) is 26.7 Å². The minimum Gasteiger partial charge on any atom is -0.330 e. The summed E-state index contributed by atoms with van der Waals surface area (Å²) in [4.78, 5) is 22.2. The fourth-order valence-electron chi connectivity index (χ4n) is 2.13. The number of benzene rings is 1. The van der Waals surface area contributed by atoms with Crippen LogP contribution in [0.25, 0.3) is 0 Å². The van der Waals surface area contributed by atoms with E-state index in [9.17, 15) is 14.9 Å². The van der Waals surface area contributed by atoms with E-state index in [1.807, 2.05) is 0 Å². The minimum absolute atomic E-state index is 0.0395. The van der Waals surface area contributed by atoms with Gasteiger partial charge in [-0.2, -0.15) is 0 Å². The third-order valence-electron chi connectivity index (χ3n) is 3.04. The van der Waals surface area contributed by atoms with Crippen LogP contribution in [0, 0.1) is 22.0 Å². The summed E-state index contributed by atoms with van der Waals surface area (Å²) >= 11 is 5.72. The SMILES string of the molecule is CC(C)C[C@H](CN)CC(=O)Nc1ccc(Cl)c([N+](=O)[O-])c1. The Balaban J connectivity index is 2.70. The lowest BCUT2D eigenvalue weighted by Crippen LogP contribution is -2.23. The zero-order valence-corrected chi connectivity index (χ0v) is 12.9. The Morgan fingerprint density at radius 2 is 2.14 bits per heavy atom. The number of hydrogen-bond donors (Lipinski definition) is 2. The molecule has 0 aliphatic heterocycles. The van der Waals surface area contributed by atoms with Crippen LogP contribution in [0.15, 0.2) is 18.2 Å². The monoisotopic (exact) mass is 313 g/mol. The number of amides is 1. The fraction of sp³-hybridized carbons (Fsp3) is 0.500. The maximum atomic E-state index is 12.0. The van der Waals surface area contributed by atoms with Crippen molar-refractivity contribution in [2.75, 3.05) is 11.9 Å². The van der Waals surface area contributed by atoms with E-state index in [2.05, 4.69) is 19.2 Å². The molecule has 0 fully saturated rings. The number of nitrogens with one attached hydrogen (secondary N) is 1. The predicted octanol–water partition coefficient (Wildman–Crippen LogP) is 3.20. The van der Waals surface area contributed by atoms with Crippen LogP contribution < -0.4 is 11.1 Å². The van der Waals surface area contributed by atoms with Crippen molar-refractivity contribution >= 4 is 28.9 Å². The van der Waals surface area contributed by atoms with Crippen LogP contribution in [0.2, 0.25) is 5.02 Å². The summed E-state index contributed by atoms with van der Waals surface area (Å²) in [7, 11) is 0. The fourth-order valence-corrected chi connectivity index (χ4v) is 2.32. The summed E-state index contributed by atoms with van der Waals surface area (Å²) in [5, 5.41) is 13.5. The molecular weight excluding hydrogens is 294 g/mol. The van der Waals surface area contributed by atoms with Crippen LogP contribution in [-0.4, -0.2) is 17.4 Å². The first-order valence-electron chi connectivity index (χ1n) is 6.77. The summed E-state index contributed by atoms with van der Waals surface area (Å²) in [6.45, 7) is 4.58. The number of nitro benzene ring substituents is 1. The topological polar surface area (TPSA) is 98.3 Å². The van der Waals surface area contributed by atoms with Gasteiger partial charge in [0.05, 0.1) is 4.92 Å². The summed E-state index contributed by atoms with van der Waals surface area (Å²) in [6.07, 6.45) is 1.16. The highest BCUT2D eigenvalue weighted by Gasteiger charge is 2.16. The molecule has 3 N–H and O–H groups in total. The van der Waals surface area contributed by atoms with Gasteiger partial charge < -0.3 is 11.1 Å². The molecule has 7 heteroatoms. The quantitative estimate of drug-likeness (QED) is 0.596. The normalized spacial score (nSPS) is 12.2. The highest BCUT2D eigenvalue weighted by Crippen LogP contribution is 2.27. The van der Waals surface area contributed by atoms with Crippen molar-refractivity contribution in [3.05, 3.63) is 33.3 Å². The van der Waals surface area contributed by atoms with Crippen molar-refractivity contribution in [3.63, 3.8) is 0 Å². The van der Waals surface area contributed by atoms with E-state index in [-0.39, 0.29) is 22.5 Å². The van der Waals surface area contributed by atoms with Crippen LogP contribution in [0.3, 0.4) is 0 Å². The zero-order valence-electron chi connectivity index (χ0n) is 12.1. The second kappa shape index (κ2) is 7.95. The molecule has 1 amide bonds. The Kier molecular flexibility index (Phi) is 6.58. The van der Waals surface area contributed by atoms with E-state index in [4.69, 9.17) is 17.3 Å². The van der Waals surface area contributed by atoms with Gasteiger partial charge in [0.1, 0.15) is 5.02 Å². The molecule has 0 aromatic heterocycles. The van der Waals surface area contributed by atoms with E-state index < -0.39 is 4.92 Å². The highest BCUT2D eigenvalue weighted by atomic mass is 35.5. The van der Waals surface area contributed by atoms with E-state index >= 15 is 0 Å². The van der Waals surface area contributed by atoms with Gasteiger partial charge in [-0.1, -0.05) is 25.4 Å². The van der Waals surface area contributed by atoms with E-state index in [1.165, 1.54) is 18.2 Å². The lowest BCUT2D eigenvalue weighted by molar-refractivity contribution is -0.384. The Morgan fingerprint density at radius 3 is 2.67 bits per heavy atom. The van der Waals surface area contributed by atoms with Crippen molar-refractivity contribution in [3.8, 4) is 0 Å². The summed E-state index contributed by atoms with van der Waals surface area (Å²) in [6, 6.07) is 4.18. The van der Waals surface area contributed by atoms with Crippen LogP contribution in [0.5, 0.6) is 0 Å². The van der Waals surface area contributed by atoms with Crippen molar-refractivity contribution in [1.29, 1.82) is 0 Å². The molecule has 0 spiro atoms. The number of carbonyl (C=O) groups is 1. The first-order valence-corrected chi connectivity index (χ1v) is 7.15. The molecule has 0 aliphatic carbocycles. The van der Waals surface area contributed by atoms with Gasteiger partial charge in [-0.05, 0) is 36.9 Å². The molecule has 0 saturated carbocycles. The average molecular weight is 314 g/mol. The number of nitrogens with two attached hydrogens (primary N) is 1. The largest absolute Gasteiger partial charge is 0.330 e. The van der Waals surface area contributed by atoms with E-state index in [1.54, 1.807) is 0 Å². The number of nitrogens with zero attached hydrogens (tertiary/aromatic N) is 1. The molecule has 0 saturated heterocycles. The second-order valence-electron chi connectivity index (χ2n) is 5.41. The molecule has 0 radical (unpaired) electrons. The molecule has 1 aromatic carbocycles. The van der Waals surface area contributed by atoms with Crippen LogP contribution in [0.4, 0.5) is 11.4 Å². The number of hydrogen-bond acceptors (Lipinski definition) is 4. The van der Waals surface area contributed by atoms with Crippen molar-refractivity contribution < 1.29 is 9.72 Å². The predicted molar refractivity (Wildman–Crippen MR) is 83.4 cm³/mol. The van der Waals surface area contributed by atoms with Gasteiger partial charge in [-0.3, -0.25) is 14.9 Å². The van der Waals surface area contributed by atoms with E-state index in [0.717, 1.165) is 6.42 Å². The van der Waals surface area contributed by atoms with Crippen LogP contribution in [-0.2, 0) is 4.79 Å². The molecular formula is C14H20ClN3O3. The number of carbonyl (C=O) groups excluding carboxylic acids is 1. The number of rotatable bonds is 7. The lowest BCUT2D eigenvalue weighted by atomic mass is 9.94. The van der Waals surface area contributed by atoms with Gasteiger partial charge in [0.25, 0.3) is 5.69 Å². The standard InChI is InChI=1S/C14H20ClN3O3/c1-9(2)5-10(8-16)6-14(19)17-11-3-4-12(15)13(7-11)18(20)21/h3-4,7,9-10H,5-6,8,16H2,1-2H3,(H,17,19)/t10-/m0/s1. The average Bonchev–Trinajstić information content (AvgIpc) is 2.39. The maximum Gasteiger partial charge on any atom is 0.289 e. The first kappa shape index (κ1) is 17.4. The molecule has 0 heterocycles. The van der Waals surface area contributed by atoms with Gasteiger partial charge in [0, 0.05) is 18.2 Å². The number of nitro groups is 1. The smallest absolute Gasteiger partial charge is 0.289 e. The molecule has 116 valence electrons. The molecule has 21 heavy (non-hydrogen) atoms. The molecule has 0 aliphatic rings. The second-order valence-corrected chi connectivity index (χ2v) is 5.81. The van der Waals surface area contributed by atoms with Crippen molar-refractivity contribution in [1.82, 2.24) is 0 Å². The van der Waals surface area contributed by atoms with Crippen LogP contribution in [0.1, 0.15) is 26.7 Å². The molecule has 0 unspecified atom stereocenters. The molecule has 6 nitrogen and oxygen atoms in total. The van der Waals surface area contributed by atoms with Crippen LogP contribution >= 0.6 is 11.6 Å². The van der Waals surface area contributed by atoms with Gasteiger partial charge in [0.15, 0.2) is 0 Å². The molecule has 1 atom stereocenters. The number of anilines is 1. The van der Waals surface area contributed by atoms with Gasteiger partial charge in [-0.25, -0.2) is 0 Å². The third kappa shape index (κ3) is 5.69. The maximum absolute atomic E-state index is 12.0. The Labute approximate surface area is 128 Å². The van der Waals surface area contributed by atoms with E-state index in [0.29, 0.717) is 24.6 Å². The third-order valence-corrected chi connectivity index (χ3v) is 3.36. The first-order chi connectivity index (χ1) is 9.83. The Bertz CT molecular complexity index is 520. The number of halogens is 1. The lowest BCUT2D eigenvalue weighted by Gasteiger charge is -2.16. The minimum atomic E-state index is -0.584. The highest BCUT2D eigenvalue weighted by molar-refractivity contribution is 6.32. The Morgan fingerprint density at radius 1 is 1.48 bits per heavy atom. The molecule has 0 bridgehead atoms. The van der Waals surface area contributed by atoms with Gasteiger partial charge in [-0.15, -0.1) is 0 Å². The Hall–Kier alpha value is -1.66. The summed E-state index contributed by atoms with van der Waals surface area (Å²) < 4.78 is 0. The summed E-state index contributed by atoms with van der Waals surface area (Å²) in [5.74, 6) is 0.359. The van der Waals surface area contributed by atoms with Gasteiger partial charge >= 0.3 is 0 Å². The molecule has 1 rings (SSSR count). The van der Waals surface area contributed by atoms with Crippen molar-refractivity contribution in [2.24, 2.45) is 17.6 Å². The zero-order chi connectivity index (χ0) is 16.0.